The molecule has 0 fully saturated rings. The van der Waals surface area contributed by atoms with Crippen molar-refractivity contribution in [3.8, 4) is 0 Å². The van der Waals surface area contributed by atoms with Crippen LogP contribution in [-0.4, -0.2) is 18.5 Å². The maximum atomic E-state index is 12.3. The van der Waals surface area contributed by atoms with E-state index in [-0.39, 0.29) is 23.3 Å². The van der Waals surface area contributed by atoms with Gasteiger partial charge in [-0.25, -0.2) is 0 Å². The molecule has 1 amide bonds. The molecule has 3 nitrogen and oxygen atoms in total. The van der Waals surface area contributed by atoms with E-state index in [2.05, 4.69) is 26.1 Å². The Labute approximate surface area is 133 Å². The molecule has 0 saturated carbocycles. The second kappa shape index (κ2) is 7.81. The van der Waals surface area contributed by atoms with Gasteiger partial charge in [0.15, 0.2) is 0 Å². The largest absolute Gasteiger partial charge is 0.353 e. The van der Waals surface area contributed by atoms with Gasteiger partial charge in [0.25, 0.3) is 0 Å². The minimum Gasteiger partial charge on any atom is -0.353 e. The van der Waals surface area contributed by atoms with Gasteiger partial charge in [-0.15, -0.1) is 0 Å². The Morgan fingerprint density at radius 3 is 2.57 bits per heavy atom. The van der Waals surface area contributed by atoms with E-state index in [9.17, 15) is 4.79 Å². The molecule has 1 aromatic carbocycles. The van der Waals surface area contributed by atoms with Crippen molar-refractivity contribution in [3.63, 3.8) is 0 Å². The Hall–Kier alpha value is -1.06. The number of carbonyl (C=O) groups excluding carboxylic acids is 1. The first kappa shape index (κ1) is 18.0. The van der Waals surface area contributed by atoms with Crippen LogP contribution in [0.1, 0.15) is 39.7 Å². The highest BCUT2D eigenvalue weighted by molar-refractivity contribution is 6.30. The monoisotopic (exact) mass is 310 g/mol. The molecule has 0 aliphatic carbocycles. The van der Waals surface area contributed by atoms with Crippen LogP contribution in [0.25, 0.3) is 0 Å². The standard InChI is InChI=1S/C17H27ClN2O/c1-12(8-13-6-5-7-15(18)9-13)20-16(21)14(11-19)10-17(2,3)4/h5-7,9,12,14H,8,10-11,19H2,1-4H3,(H,20,21). The molecule has 1 rings (SSSR count). The number of nitrogens with two attached hydrogens (primary N) is 1. The SMILES string of the molecule is CC(Cc1cccc(Cl)c1)NC(=O)C(CN)CC(C)(C)C. The Balaban J connectivity index is 2.56. The summed E-state index contributed by atoms with van der Waals surface area (Å²) < 4.78 is 0. The molecular weight excluding hydrogens is 284 g/mol. The molecule has 21 heavy (non-hydrogen) atoms. The first-order valence-corrected chi connectivity index (χ1v) is 7.84. The molecule has 0 bridgehead atoms. The van der Waals surface area contributed by atoms with E-state index in [1.54, 1.807) is 0 Å². The van der Waals surface area contributed by atoms with E-state index in [0.717, 1.165) is 23.4 Å². The maximum Gasteiger partial charge on any atom is 0.224 e. The molecule has 0 heterocycles. The predicted octanol–water partition coefficient (Wildman–Crippen LogP) is 3.40. The average molecular weight is 311 g/mol. The Morgan fingerprint density at radius 2 is 2.05 bits per heavy atom. The van der Waals surface area contributed by atoms with Crippen LogP contribution in [0.15, 0.2) is 24.3 Å². The van der Waals surface area contributed by atoms with Gasteiger partial charge in [0, 0.05) is 17.6 Å². The third kappa shape index (κ3) is 6.96. The predicted molar refractivity (Wildman–Crippen MR) is 89.4 cm³/mol. The minimum absolute atomic E-state index is 0.0435. The first-order chi connectivity index (χ1) is 9.71. The van der Waals surface area contributed by atoms with E-state index in [4.69, 9.17) is 17.3 Å². The van der Waals surface area contributed by atoms with Crippen molar-refractivity contribution < 1.29 is 4.79 Å². The van der Waals surface area contributed by atoms with Gasteiger partial charge in [-0.05, 0) is 42.9 Å². The van der Waals surface area contributed by atoms with E-state index >= 15 is 0 Å². The quantitative estimate of drug-likeness (QED) is 0.846. The molecule has 0 spiro atoms. The van der Waals surface area contributed by atoms with Gasteiger partial charge in [-0.2, -0.15) is 0 Å². The fourth-order valence-electron chi connectivity index (χ4n) is 2.45. The second-order valence-corrected chi connectivity index (χ2v) is 7.38. The van der Waals surface area contributed by atoms with Gasteiger partial charge >= 0.3 is 0 Å². The molecule has 0 saturated heterocycles. The van der Waals surface area contributed by atoms with Gasteiger partial charge < -0.3 is 11.1 Å². The summed E-state index contributed by atoms with van der Waals surface area (Å²) in [5.74, 6) is -0.0891. The van der Waals surface area contributed by atoms with E-state index in [1.807, 2.05) is 31.2 Å². The second-order valence-electron chi connectivity index (χ2n) is 6.94. The van der Waals surface area contributed by atoms with E-state index in [0.29, 0.717) is 6.54 Å². The van der Waals surface area contributed by atoms with Crippen molar-refractivity contribution in [3.05, 3.63) is 34.9 Å². The molecule has 0 aliphatic heterocycles. The van der Waals surface area contributed by atoms with Crippen molar-refractivity contribution in [1.82, 2.24) is 5.32 Å². The first-order valence-electron chi connectivity index (χ1n) is 7.46. The zero-order chi connectivity index (χ0) is 16.0. The zero-order valence-electron chi connectivity index (χ0n) is 13.4. The van der Waals surface area contributed by atoms with Crippen LogP contribution in [-0.2, 0) is 11.2 Å². The number of hydrogen-bond donors (Lipinski definition) is 2. The molecule has 2 unspecified atom stereocenters. The lowest BCUT2D eigenvalue weighted by molar-refractivity contribution is -0.126. The number of hydrogen-bond acceptors (Lipinski definition) is 2. The van der Waals surface area contributed by atoms with Crippen LogP contribution in [0.4, 0.5) is 0 Å². The molecule has 118 valence electrons. The summed E-state index contributed by atoms with van der Waals surface area (Å²) in [6, 6.07) is 7.78. The van der Waals surface area contributed by atoms with Crippen LogP contribution < -0.4 is 11.1 Å². The lowest BCUT2D eigenvalue weighted by Gasteiger charge is -2.25. The van der Waals surface area contributed by atoms with Crippen molar-refractivity contribution in [2.24, 2.45) is 17.1 Å². The van der Waals surface area contributed by atoms with Crippen LogP contribution in [0.3, 0.4) is 0 Å². The summed E-state index contributed by atoms with van der Waals surface area (Å²) in [4.78, 5) is 12.3. The van der Waals surface area contributed by atoms with Gasteiger partial charge in [-0.3, -0.25) is 4.79 Å². The molecule has 0 aromatic heterocycles. The highest BCUT2D eigenvalue weighted by Crippen LogP contribution is 2.24. The van der Waals surface area contributed by atoms with Crippen LogP contribution in [0.5, 0.6) is 0 Å². The number of nitrogens with one attached hydrogen (secondary N) is 1. The molecule has 2 atom stereocenters. The molecule has 3 N–H and O–H groups in total. The summed E-state index contributed by atoms with van der Waals surface area (Å²) in [6.07, 6.45) is 1.55. The number of carbonyl (C=O) groups is 1. The van der Waals surface area contributed by atoms with E-state index < -0.39 is 0 Å². The summed E-state index contributed by atoms with van der Waals surface area (Å²) in [6.45, 7) is 8.76. The Bertz CT molecular complexity index is 468. The van der Waals surface area contributed by atoms with Crippen LogP contribution in [0.2, 0.25) is 5.02 Å². The fraction of sp³-hybridized carbons (Fsp3) is 0.588. The highest BCUT2D eigenvalue weighted by atomic mass is 35.5. The van der Waals surface area contributed by atoms with Gasteiger partial charge in [0.1, 0.15) is 0 Å². The molecule has 4 heteroatoms. The third-order valence-electron chi connectivity index (χ3n) is 3.33. The summed E-state index contributed by atoms with van der Waals surface area (Å²) in [7, 11) is 0. The van der Waals surface area contributed by atoms with Crippen molar-refractivity contribution >= 4 is 17.5 Å². The van der Waals surface area contributed by atoms with E-state index in [1.165, 1.54) is 0 Å². The van der Waals surface area contributed by atoms with Crippen LogP contribution >= 0.6 is 11.6 Å². The van der Waals surface area contributed by atoms with Gasteiger partial charge in [0.05, 0.1) is 5.92 Å². The molecular formula is C17H27ClN2O. The smallest absolute Gasteiger partial charge is 0.224 e. The minimum atomic E-state index is -0.133. The van der Waals surface area contributed by atoms with Gasteiger partial charge in [-0.1, -0.05) is 44.5 Å². The summed E-state index contributed by atoms with van der Waals surface area (Å²) in [5.41, 5.74) is 6.97. The summed E-state index contributed by atoms with van der Waals surface area (Å²) >= 11 is 5.98. The summed E-state index contributed by atoms with van der Waals surface area (Å²) in [5, 5.41) is 3.78. The number of rotatable bonds is 6. The Kier molecular flexibility index (Phi) is 6.69. The van der Waals surface area contributed by atoms with Gasteiger partial charge in [0.2, 0.25) is 5.91 Å². The average Bonchev–Trinajstić information content (AvgIpc) is 2.34. The van der Waals surface area contributed by atoms with Crippen molar-refractivity contribution in [2.75, 3.05) is 6.54 Å². The lowest BCUT2D eigenvalue weighted by Crippen LogP contribution is -2.42. The number of amides is 1. The number of halogens is 1. The van der Waals surface area contributed by atoms with Crippen molar-refractivity contribution in [2.45, 2.75) is 46.6 Å². The lowest BCUT2D eigenvalue weighted by atomic mass is 9.84. The molecule has 0 aliphatic rings. The third-order valence-corrected chi connectivity index (χ3v) is 3.57. The number of benzene rings is 1. The maximum absolute atomic E-state index is 12.3. The highest BCUT2D eigenvalue weighted by Gasteiger charge is 2.24. The molecule has 0 radical (unpaired) electrons. The van der Waals surface area contributed by atoms with Crippen LogP contribution in [0, 0.1) is 11.3 Å². The zero-order valence-corrected chi connectivity index (χ0v) is 14.2. The Morgan fingerprint density at radius 1 is 1.38 bits per heavy atom. The fourth-order valence-corrected chi connectivity index (χ4v) is 2.66. The van der Waals surface area contributed by atoms with Crippen molar-refractivity contribution in [1.29, 1.82) is 0 Å². The molecule has 1 aromatic rings. The topological polar surface area (TPSA) is 55.1 Å². The normalized spacial score (nSPS) is 14.6.